The molecule has 59 heavy (non-hydrogen) atoms. The molecular weight excluding hydrogens is 755 g/mol. The van der Waals surface area contributed by atoms with Crippen LogP contribution in [-0.2, 0) is 16.1 Å². The van der Waals surface area contributed by atoms with Crippen LogP contribution in [0.5, 0.6) is 5.75 Å². The lowest BCUT2D eigenvalue weighted by Gasteiger charge is -2.44. The topological polar surface area (TPSA) is 179 Å². The lowest BCUT2D eigenvalue weighted by Crippen LogP contribution is -2.54. The van der Waals surface area contributed by atoms with Gasteiger partial charge in [0, 0.05) is 67.8 Å². The van der Waals surface area contributed by atoms with Gasteiger partial charge in [-0.15, -0.1) is 0 Å². The summed E-state index contributed by atoms with van der Waals surface area (Å²) >= 11 is 0. The summed E-state index contributed by atoms with van der Waals surface area (Å²) in [5, 5.41) is 9.52. The molecule has 16 nitrogen and oxygen atoms in total. The van der Waals surface area contributed by atoms with E-state index in [1.54, 1.807) is 35.1 Å². The monoisotopic (exact) mass is 799 g/mol. The average Bonchev–Trinajstić information content (AvgIpc) is 3.79. The van der Waals surface area contributed by atoms with Crippen LogP contribution in [0.15, 0.2) is 55.0 Å². The van der Waals surface area contributed by atoms with Crippen molar-refractivity contribution in [3.8, 4) is 5.75 Å². The number of carbonyl (C=O) groups is 6. The summed E-state index contributed by atoms with van der Waals surface area (Å²) in [4.78, 5) is 90.2. The van der Waals surface area contributed by atoms with Gasteiger partial charge in [-0.1, -0.05) is 0 Å². The van der Waals surface area contributed by atoms with Crippen molar-refractivity contribution in [1.29, 1.82) is 0 Å². The Bertz CT molecular complexity index is 2430. The van der Waals surface area contributed by atoms with Gasteiger partial charge in [0.2, 0.25) is 11.8 Å². The first-order chi connectivity index (χ1) is 28.6. The minimum Gasteiger partial charge on any atom is -0.488 e. The van der Waals surface area contributed by atoms with Crippen molar-refractivity contribution in [2.75, 3.05) is 30.4 Å². The van der Waals surface area contributed by atoms with Crippen molar-refractivity contribution < 1.29 is 33.5 Å². The van der Waals surface area contributed by atoms with Crippen molar-refractivity contribution in [1.82, 2.24) is 34.6 Å². The molecule has 10 rings (SSSR count). The van der Waals surface area contributed by atoms with E-state index in [-0.39, 0.29) is 42.4 Å². The van der Waals surface area contributed by atoms with E-state index in [1.807, 2.05) is 23.1 Å². The van der Waals surface area contributed by atoms with E-state index in [0.29, 0.717) is 52.4 Å². The van der Waals surface area contributed by atoms with Gasteiger partial charge in [-0.25, -0.2) is 9.50 Å². The van der Waals surface area contributed by atoms with E-state index in [9.17, 15) is 28.8 Å². The molecule has 1 atom stereocenters. The molecule has 2 aromatic carbocycles. The molecule has 4 aliphatic heterocycles. The number of piperidine rings is 2. The summed E-state index contributed by atoms with van der Waals surface area (Å²) in [6.07, 6.45) is 12.7. The van der Waals surface area contributed by atoms with Crippen LogP contribution in [0.4, 0.5) is 11.4 Å². The van der Waals surface area contributed by atoms with E-state index in [0.717, 1.165) is 80.6 Å². The maximum Gasteiger partial charge on any atom is 0.262 e. The first-order valence-corrected chi connectivity index (χ1v) is 20.7. The van der Waals surface area contributed by atoms with Crippen molar-refractivity contribution >= 4 is 52.5 Å². The van der Waals surface area contributed by atoms with Crippen LogP contribution < -0.4 is 20.3 Å². The van der Waals surface area contributed by atoms with E-state index < -0.39 is 29.7 Å². The summed E-state index contributed by atoms with van der Waals surface area (Å²) in [6, 6.07) is 10.7. The van der Waals surface area contributed by atoms with Crippen LogP contribution in [0.3, 0.4) is 0 Å². The number of imide groups is 2. The molecule has 2 aliphatic carbocycles. The van der Waals surface area contributed by atoms with Gasteiger partial charge < -0.3 is 24.8 Å². The fraction of sp³-hybridized carbons (Fsp3) is 0.442. The van der Waals surface area contributed by atoms with Crippen LogP contribution in [0.1, 0.15) is 111 Å². The molecule has 6 aliphatic rings. The minimum atomic E-state index is -0.986. The average molecular weight is 800 g/mol. The molecule has 0 spiro atoms. The number of ether oxygens (including phenoxy) is 1. The Morgan fingerprint density at radius 3 is 2.39 bits per heavy atom. The number of nitrogens with one attached hydrogen (secondary N) is 2. The van der Waals surface area contributed by atoms with E-state index in [4.69, 9.17) is 4.74 Å². The summed E-state index contributed by atoms with van der Waals surface area (Å²) < 4.78 is 7.78. The maximum atomic E-state index is 13.9. The van der Waals surface area contributed by atoms with Gasteiger partial charge in [-0.3, -0.25) is 39.0 Å². The molecule has 6 amide bonds. The second-order valence-electron chi connectivity index (χ2n) is 16.7. The second kappa shape index (κ2) is 14.6. The predicted molar refractivity (Wildman–Crippen MR) is 213 cm³/mol. The fourth-order valence-electron chi connectivity index (χ4n) is 9.66. The first-order valence-electron chi connectivity index (χ1n) is 20.7. The van der Waals surface area contributed by atoms with Gasteiger partial charge in [0.1, 0.15) is 17.4 Å². The highest BCUT2D eigenvalue weighted by atomic mass is 16.5. The Hall–Kier alpha value is -6.16. The zero-order chi connectivity index (χ0) is 40.5. The predicted octanol–water partition coefficient (Wildman–Crippen LogP) is 3.79. The van der Waals surface area contributed by atoms with Crippen LogP contribution >= 0.6 is 0 Å². The van der Waals surface area contributed by atoms with Gasteiger partial charge in [0.25, 0.3) is 23.6 Å². The number of aromatic nitrogens is 3. The van der Waals surface area contributed by atoms with Crippen molar-refractivity contribution in [3.05, 3.63) is 82.8 Å². The zero-order valence-electron chi connectivity index (χ0n) is 32.8. The SMILES string of the molecule is CN(C1CCC(N2Cc3cc(NC(=O)c4cnn5cccnc45)c(OC4CC4)cc3C2=O)CC1)C1CCN(c2ccc3c(c2)C(=O)N(C2CCC(=O)NC2=O)C3=O)CC1. The number of anilines is 2. The highest BCUT2D eigenvalue weighted by Gasteiger charge is 2.45. The highest BCUT2D eigenvalue weighted by molar-refractivity contribution is 6.23. The van der Waals surface area contributed by atoms with E-state index >= 15 is 0 Å². The lowest BCUT2D eigenvalue weighted by atomic mass is 9.88. The largest absolute Gasteiger partial charge is 0.488 e. The van der Waals surface area contributed by atoms with Gasteiger partial charge in [0.15, 0.2) is 5.65 Å². The number of amides is 6. The molecule has 2 saturated carbocycles. The molecule has 4 fully saturated rings. The molecule has 2 aromatic heterocycles. The highest BCUT2D eigenvalue weighted by Crippen LogP contribution is 2.40. The molecule has 0 bridgehead atoms. The standard InChI is InChI=1S/C43H45N9O7/c1-48(26-13-17-49(18-14-26)28-7-10-30-32(20-28)43(58)52(42(30)57)35-11-12-37(53)47-40(35)55)25-3-5-27(6-4-25)50-23-24-19-34(36(59-29-8-9-29)21-31(24)41(50)56)46-39(54)33-22-45-51-16-2-15-44-38(33)51/h2,7,10,15-16,19-22,25-27,29,35H,3-6,8-9,11-14,17-18,23H2,1H3,(H,46,54)(H,47,53,55). The Morgan fingerprint density at radius 1 is 0.864 bits per heavy atom. The van der Waals surface area contributed by atoms with Crippen LogP contribution in [0.25, 0.3) is 5.65 Å². The van der Waals surface area contributed by atoms with Gasteiger partial charge in [-0.05, 0) is 107 Å². The number of fused-ring (bicyclic) bond motifs is 3. The third-order valence-corrected chi connectivity index (χ3v) is 13.1. The van der Waals surface area contributed by atoms with Crippen molar-refractivity contribution in [2.45, 2.75) is 101 Å². The number of hydrogen-bond donors (Lipinski definition) is 2. The third kappa shape index (κ3) is 6.68. The second-order valence-corrected chi connectivity index (χ2v) is 16.7. The number of nitrogens with zero attached hydrogens (tertiary/aromatic N) is 7. The van der Waals surface area contributed by atoms with Crippen molar-refractivity contribution in [3.63, 3.8) is 0 Å². The smallest absolute Gasteiger partial charge is 0.262 e. The van der Waals surface area contributed by atoms with Crippen LogP contribution in [-0.4, -0.2) is 115 Å². The molecule has 1 unspecified atom stereocenters. The summed E-state index contributed by atoms with van der Waals surface area (Å²) in [6.45, 7) is 2.08. The molecular formula is C43H45N9O7. The van der Waals surface area contributed by atoms with Gasteiger partial charge in [-0.2, -0.15) is 5.10 Å². The maximum absolute atomic E-state index is 13.9. The molecule has 0 radical (unpaired) electrons. The molecule has 4 aromatic rings. The lowest BCUT2D eigenvalue weighted by molar-refractivity contribution is -0.136. The zero-order valence-corrected chi connectivity index (χ0v) is 32.8. The number of hydrogen-bond acceptors (Lipinski definition) is 11. The van der Waals surface area contributed by atoms with E-state index in [2.05, 4.69) is 37.6 Å². The third-order valence-electron chi connectivity index (χ3n) is 13.1. The Labute approximate surface area is 339 Å². The fourth-order valence-corrected chi connectivity index (χ4v) is 9.66. The quantitative estimate of drug-likeness (QED) is 0.236. The molecule has 16 heteroatoms. The van der Waals surface area contributed by atoms with E-state index in [1.165, 1.54) is 6.20 Å². The van der Waals surface area contributed by atoms with Crippen LogP contribution in [0, 0.1) is 0 Å². The normalized spacial score (nSPS) is 23.6. The molecule has 6 heterocycles. The van der Waals surface area contributed by atoms with Crippen molar-refractivity contribution in [2.24, 2.45) is 0 Å². The number of carbonyl (C=O) groups excluding carboxylic acids is 6. The van der Waals surface area contributed by atoms with Crippen LogP contribution in [0.2, 0.25) is 0 Å². The Balaban J connectivity index is 0.748. The minimum absolute atomic E-state index is 0.0100. The summed E-state index contributed by atoms with van der Waals surface area (Å²) in [5.41, 5.74) is 4.31. The first kappa shape index (κ1) is 37.1. The molecule has 2 N–H and O–H groups in total. The summed E-state index contributed by atoms with van der Waals surface area (Å²) in [5.74, 6) is -1.83. The molecule has 2 saturated heterocycles. The van der Waals surface area contributed by atoms with Gasteiger partial charge in [0.05, 0.1) is 29.1 Å². The Morgan fingerprint density at radius 2 is 1.63 bits per heavy atom. The Kier molecular flexibility index (Phi) is 9.18. The molecule has 304 valence electrons. The van der Waals surface area contributed by atoms with Gasteiger partial charge >= 0.3 is 0 Å². The number of benzene rings is 2. The number of rotatable bonds is 9. The summed E-state index contributed by atoms with van der Waals surface area (Å²) in [7, 11) is 2.21.